The van der Waals surface area contributed by atoms with Crippen LogP contribution in [-0.4, -0.2) is 30.1 Å². The second-order valence-corrected chi connectivity index (χ2v) is 5.65. The molecule has 1 aliphatic rings. The van der Waals surface area contributed by atoms with Crippen molar-refractivity contribution in [3.63, 3.8) is 0 Å². The van der Waals surface area contributed by atoms with Gasteiger partial charge in [0.25, 0.3) is 0 Å². The molecule has 0 saturated carbocycles. The lowest BCUT2D eigenvalue weighted by atomic mass is 10.2. The van der Waals surface area contributed by atoms with Gasteiger partial charge in [-0.05, 0) is 44.0 Å². The second-order valence-electron chi connectivity index (χ2n) is 4.73. The van der Waals surface area contributed by atoms with E-state index in [1.54, 1.807) is 0 Å². The Hall–Kier alpha value is -0.540. The molecule has 1 aliphatic heterocycles. The number of rotatable bonds is 4. The molecule has 2 atom stereocenters. The Morgan fingerprint density at radius 1 is 1.41 bits per heavy atom. The molecule has 2 nitrogen and oxygen atoms in total. The van der Waals surface area contributed by atoms with Crippen LogP contribution in [0, 0.1) is 0 Å². The van der Waals surface area contributed by atoms with Crippen molar-refractivity contribution in [1.29, 1.82) is 0 Å². The summed E-state index contributed by atoms with van der Waals surface area (Å²) in [5.74, 6) is 0.976. The zero-order valence-electron chi connectivity index (χ0n) is 10.5. The molecule has 0 aromatic heterocycles. The molecule has 2 unspecified atom stereocenters. The number of halogens is 1. The fourth-order valence-electron chi connectivity index (χ4n) is 2.21. The lowest BCUT2D eigenvalue weighted by Gasteiger charge is -2.22. The van der Waals surface area contributed by atoms with E-state index in [0.29, 0.717) is 12.1 Å². The predicted octanol–water partition coefficient (Wildman–Crippen LogP) is 3.70. The molecule has 94 valence electrons. The van der Waals surface area contributed by atoms with E-state index in [1.807, 2.05) is 24.3 Å². The summed E-state index contributed by atoms with van der Waals surface area (Å²) in [6.45, 7) is 6.76. The molecule has 1 heterocycles. The van der Waals surface area contributed by atoms with Crippen molar-refractivity contribution in [3.8, 4) is 5.75 Å². The topological polar surface area (TPSA) is 12.5 Å². The molecule has 1 fully saturated rings. The van der Waals surface area contributed by atoms with Crippen molar-refractivity contribution >= 4 is 15.9 Å². The highest BCUT2D eigenvalue weighted by molar-refractivity contribution is 9.10. The Kier molecular flexibility index (Phi) is 4.46. The maximum absolute atomic E-state index is 5.99. The van der Waals surface area contributed by atoms with Gasteiger partial charge in [0.15, 0.2) is 0 Å². The van der Waals surface area contributed by atoms with Crippen LogP contribution in [0.15, 0.2) is 28.7 Å². The van der Waals surface area contributed by atoms with Crippen LogP contribution in [0.3, 0.4) is 0 Å². The van der Waals surface area contributed by atoms with Gasteiger partial charge in [-0.25, -0.2) is 0 Å². The SMILES string of the molecule is CCC(C)N1CCC(Oc2ccc(Br)cc2)C1. The molecule has 0 N–H and O–H groups in total. The summed E-state index contributed by atoms with van der Waals surface area (Å²) in [5.41, 5.74) is 0. The minimum Gasteiger partial charge on any atom is -0.489 e. The van der Waals surface area contributed by atoms with Crippen molar-refractivity contribution in [2.75, 3.05) is 13.1 Å². The quantitative estimate of drug-likeness (QED) is 0.840. The zero-order valence-corrected chi connectivity index (χ0v) is 12.1. The standard InChI is InChI=1S/C14H20BrNO/c1-3-11(2)16-9-8-14(10-16)17-13-6-4-12(15)5-7-13/h4-7,11,14H,3,8-10H2,1-2H3. The Morgan fingerprint density at radius 2 is 2.12 bits per heavy atom. The number of benzene rings is 1. The van der Waals surface area contributed by atoms with E-state index in [9.17, 15) is 0 Å². The van der Waals surface area contributed by atoms with Gasteiger partial charge >= 0.3 is 0 Å². The highest BCUT2D eigenvalue weighted by Gasteiger charge is 2.26. The molecule has 17 heavy (non-hydrogen) atoms. The van der Waals surface area contributed by atoms with Gasteiger partial charge in [0.1, 0.15) is 11.9 Å². The highest BCUT2D eigenvalue weighted by atomic mass is 79.9. The average molecular weight is 298 g/mol. The van der Waals surface area contributed by atoms with E-state index < -0.39 is 0 Å². The first-order chi connectivity index (χ1) is 8.19. The number of hydrogen-bond donors (Lipinski definition) is 0. The molecule has 2 rings (SSSR count). The molecule has 1 saturated heterocycles. The van der Waals surface area contributed by atoms with Crippen molar-refractivity contribution in [1.82, 2.24) is 4.90 Å². The van der Waals surface area contributed by atoms with Crippen molar-refractivity contribution in [2.24, 2.45) is 0 Å². The average Bonchev–Trinajstić information content (AvgIpc) is 2.80. The lowest BCUT2D eigenvalue weighted by molar-refractivity contribution is 0.181. The first-order valence-corrected chi connectivity index (χ1v) is 7.14. The maximum atomic E-state index is 5.99. The van der Waals surface area contributed by atoms with Gasteiger partial charge in [-0.15, -0.1) is 0 Å². The molecule has 0 bridgehead atoms. The maximum Gasteiger partial charge on any atom is 0.119 e. The van der Waals surface area contributed by atoms with Crippen LogP contribution in [0.25, 0.3) is 0 Å². The Labute approximate surface area is 112 Å². The molecular formula is C14H20BrNO. The van der Waals surface area contributed by atoms with Crippen LogP contribution in [0.1, 0.15) is 26.7 Å². The largest absolute Gasteiger partial charge is 0.489 e. The predicted molar refractivity (Wildman–Crippen MR) is 74.5 cm³/mol. The Bertz CT molecular complexity index is 352. The van der Waals surface area contributed by atoms with E-state index in [2.05, 4.69) is 34.7 Å². The summed E-state index contributed by atoms with van der Waals surface area (Å²) in [6, 6.07) is 8.77. The third-order valence-electron chi connectivity index (χ3n) is 3.51. The van der Waals surface area contributed by atoms with Crippen molar-refractivity contribution in [3.05, 3.63) is 28.7 Å². The summed E-state index contributed by atoms with van der Waals surface area (Å²) in [7, 11) is 0. The normalized spacial score (nSPS) is 22.6. The van der Waals surface area contributed by atoms with Crippen LogP contribution in [0.5, 0.6) is 5.75 Å². The van der Waals surface area contributed by atoms with Crippen LogP contribution >= 0.6 is 15.9 Å². The number of ether oxygens (including phenoxy) is 1. The van der Waals surface area contributed by atoms with Gasteiger partial charge in [-0.2, -0.15) is 0 Å². The van der Waals surface area contributed by atoms with E-state index >= 15 is 0 Å². The van der Waals surface area contributed by atoms with Gasteiger partial charge in [0.2, 0.25) is 0 Å². The van der Waals surface area contributed by atoms with Crippen LogP contribution in [0.4, 0.5) is 0 Å². The molecule has 0 aliphatic carbocycles. The molecule has 0 radical (unpaired) electrons. The summed E-state index contributed by atoms with van der Waals surface area (Å²) >= 11 is 3.43. The zero-order chi connectivity index (χ0) is 12.3. The number of nitrogens with zero attached hydrogens (tertiary/aromatic N) is 1. The minimum atomic E-state index is 0.352. The fraction of sp³-hybridized carbons (Fsp3) is 0.571. The molecular weight excluding hydrogens is 278 g/mol. The van der Waals surface area contributed by atoms with Crippen molar-refractivity contribution < 1.29 is 4.74 Å². The van der Waals surface area contributed by atoms with E-state index in [4.69, 9.17) is 4.74 Å². The highest BCUT2D eigenvalue weighted by Crippen LogP contribution is 2.22. The minimum absolute atomic E-state index is 0.352. The van der Waals surface area contributed by atoms with Gasteiger partial charge in [-0.1, -0.05) is 22.9 Å². The molecule has 1 aromatic rings. The summed E-state index contributed by atoms with van der Waals surface area (Å²) in [6.07, 6.45) is 2.70. The Balaban J connectivity index is 1.87. The molecule has 3 heteroatoms. The smallest absolute Gasteiger partial charge is 0.119 e. The van der Waals surface area contributed by atoms with Crippen LogP contribution in [0.2, 0.25) is 0 Å². The Morgan fingerprint density at radius 3 is 2.76 bits per heavy atom. The summed E-state index contributed by atoms with van der Waals surface area (Å²) < 4.78 is 7.09. The number of hydrogen-bond acceptors (Lipinski definition) is 2. The fourth-order valence-corrected chi connectivity index (χ4v) is 2.48. The molecule has 0 amide bonds. The first-order valence-electron chi connectivity index (χ1n) is 6.35. The molecule has 1 aromatic carbocycles. The summed E-state index contributed by atoms with van der Waals surface area (Å²) in [5, 5.41) is 0. The van der Waals surface area contributed by atoms with E-state index in [-0.39, 0.29) is 0 Å². The van der Waals surface area contributed by atoms with Gasteiger partial charge < -0.3 is 4.74 Å². The van der Waals surface area contributed by atoms with E-state index in [0.717, 1.165) is 29.7 Å². The van der Waals surface area contributed by atoms with E-state index in [1.165, 1.54) is 6.42 Å². The third kappa shape index (κ3) is 3.46. The lowest BCUT2D eigenvalue weighted by Crippen LogP contribution is -2.32. The third-order valence-corrected chi connectivity index (χ3v) is 4.04. The first kappa shape index (κ1) is 12.9. The van der Waals surface area contributed by atoms with Gasteiger partial charge in [-0.3, -0.25) is 4.90 Å². The second kappa shape index (κ2) is 5.87. The number of likely N-dealkylation sites (tertiary alicyclic amines) is 1. The van der Waals surface area contributed by atoms with Crippen LogP contribution in [-0.2, 0) is 0 Å². The monoisotopic (exact) mass is 297 g/mol. The van der Waals surface area contributed by atoms with Gasteiger partial charge in [0.05, 0.1) is 0 Å². The summed E-state index contributed by atoms with van der Waals surface area (Å²) in [4.78, 5) is 2.52. The molecule has 0 spiro atoms. The van der Waals surface area contributed by atoms with Crippen LogP contribution < -0.4 is 4.74 Å². The van der Waals surface area contributed by atoms with Crippen molar-refractivity contribution in [2.45, 2.75) is 38.8 Å². The van der Waals surface area contributed by atoms with Gasteiger partial charge in [0, 0.05) is 23.6 Å².